The number of thiophene rings is 1. The maximum atomic E-state index is 6.42. The topological polar surface area (TPSA) is 16.4 Å². The molecule has 0 fully saturated rings. The zero-order valence-corrected chi connectivity index (χ0v) is 27.3. The molecule has 8 aromatic carbocycles. The minimum absolute atomic E-state index is 0.876. The Balaban J connectivity index is 1.28. The van der Waals surface area contributed by atoms with Crippen LogP contribution in [-0.4, -0.2) is 0 Å². The number of furan rings is 1. The lowest BCUT2D eigenvalue weighted by atomic mass is 9.93. The molecule has 0 saturated carbocycles. The van der Waals surface area contributed by atoms with Crippen LogP contribution >= 0.6 is 11.3 Å². The minimum Gasteiger partial charge on any atom is -0.456 e. The summed E-state index contributed by atoms with van der Waals surface area (Å²) in [6.45, 7) is 0. The van der Waals surface area contributed by atoms with E-state index in [2.05, 4.69) is 175 Å². The molecule has 0 amide bonds. The third-order valence-electron chi connectivity index (χ3n) is 9.66. The van der Waals surface area contributed by atoms with E-state index >= 15 is 0 Å². The van der Waals surface area contributed by atoms with Gasteiger partial charge >= 0.3 is 0 Å². The van der Waals surface area contributed by atoms with E-state index in [-0.39, 0.29) is 0 Å². The SMILES string of the molecule is c1ccc(-c2ccc(N(c3ccc4ccc5c6ccccc6sc5c4c3)c3cccc4oc5ccccc5c34)cc2-c2ccccc2)cc1. The summed E-state index contributed by atoms with van der Waals surface area (Å²) in [5.74, 6) is 0. The first kappa shape index (κ1) is 27.9. The number of benzene rings is 8. The van der Waals surface area contributed by atoms with Gasteiger partial charge in [0, 0.05) is 42.3 Å². The fraction of sp³-hybridized carbons (Fsp3) is 0. The van der Waals surface area contributed by atoms with Gasteiger partial charge in [-0.05, 0) is 76.2 Å². The summed E-state index contributed by atoms with van der Waals surface area (Å²) in [5, 5.41) is 7.32. The van der Waals surface area contributed by atoms with Crippen molar-refractivity contribution in [2.75, 3.05) is 4.90 Å². The van der Waals surface area contributed by atoms with Gasteiger partial charge in [0.25, 0.3) is 0 Å². The van der Waals surface area contributed by atoms with Crippen molar-refractivity contribution in [2.45, 2.75) is 0 Å². The molecule has 2 heterocycles. The first-order valence-electron chi connectivity index (χ1n) is 16.6. The summed E-state index contributed by atoms with van der Waals surface area (Å²) in [5.41, 5.74) is 9.79. The van der Waals surface area contributed by atoms with Gasteiger partial charge in [-0.2, -0.15) is 0 Å². The molecular weight excluding hydrogens is 615 g/mol. The van der Waals surface area contributed by atoms with Crippen LogP contribution in [0.2, 0.25) is 0 Å². The molecule has 49 heavy (non-hydrogen) atoms. The number of fused-ring (bicyclic) bond motifs is 8. The van der Waals surface area contributed by atoms with Crippen molar-refractivity contribution in [1.29, 1.82) is 0 Å². The van der Waals surface area contributed by atoms with Crippen LogP contribution in [0.15, 0.2) is 180 Å². The van der Waals surface area contributed by atoms with Crippen LogP contribution in [0.4, 0.5) is 17.1 Å². The average molecular weight is 644 g/mol. The maximum Gasteiger partial charge on any atom is 0.137 e. The first-order chi connectivity index (χ1) is 24.3. The zero-order chi connectivity index (χ0) is 32.3. The van der Waals surface area contributed by atoms with Crippen LogP contribution in [0.3, 0.4) is 0 Å². The molecule has 0 unspecified atom stereocenters. The molecule has 2 nitrogen and oxygen atoms in total. The lowest BCUT2D eigenvalue weighted by Gasteiger charge is -2.28. The summed E-state index contributed by atoms with van der Waals surface area (Å²) in [6, 6.07) is 63.2. The highest BCUT2D eigenvalue weighted by atomic mass is 32.1. The van der Waals surface area contributed by atoms with E-state index < -0.39 is 0 Å². The summed E-state index contributed by atoms with van der Waals surface area (Å²) in [6.07, 6.45) is 0. The molecule has 0 bridgehead atoms. The van der Waals surface area contributed by atoms with Crippen molar-refractivity contribution < 1.29 is 4.42 Å². The fourth-order valence-electron chi connectivity index (χ4n) is 7.40. The Morgan fingerprint density at radius 3 is 1.92 bits per heavy atom. The Hall–Kier alpha value is -6.16. The summed E-state index contributed by atoms with van der Waals surface area (Å²) in [4.78, 5) is 2.41. The Labute approximate surface area is 287 Å². The van der Waals surface area contributed by atoms with Crippen molar-refractivity contribution in [1.82, 2.24) is 0 Å². The third-order valence-corrected chi connectivity index (χ3v) is 10.9. The molecule has 0 aliphatic carbocycles. The molecular formula is C46H29NOS. The standard InChI is InChI=1S/C46H29NOS/c1-3-12-30(13-4-1)35-27-25-34(28-39(35)31-14-5-2-6-15-31)47(41-18-11-20-43-45(41)38-17-7-9-19-42(38)48-43)33-24-22-32-23-26-37-36-16-8-10-21-44(36)49-46(37)40(32)29-33/h1-29H. The van der Waals surface area contributed by atoms with Gasteiger partial charge in [-0.25, -0.2) is 0 Å². The smallest absolute Gasteiger partial charge is 0.137 e. The second-order valence-electron chi connectivity index (χ2n) is 12.5. The molecule has 10 aromatic rings. The van der Waals surface area contributed by atoms with Crippen molar-refractivity contribution in [3.8, 4) is 22.3 Å². The van der Waals surface area contributed by atoms with Gasteiger partial charge in [-0.1, -0.05) is 127 Å². The molecule has 0 radical (unpaired) electrons. The van der Waals surface area contributed by atoms with E-state index in [1.54, 1.807) is 0 Å². The van der Waals surface area contributed by atoms with Crippen LogP contribution in [-0.2, 0) is 0 Å². The maximum absolute atomic E-state index is 6.42. The Bertz CT molecular complexity index is 2830. The van der Waals surface area contributed by atoms with Crippen LogP contribution in [0.5, 0.6) is 0 Å². The predicted octanol–water partition coefficient (Wildman–Crippen LogP) is 13.9. The second-order valence-corrected chi connectivity index (χ2v) is 13.5. The summed E-state index contributed by atoms with van der Waals surface area (Å²) >= 11 is 1.87. The van der Waals surface area contributed by atoms with Crippen LogP contribution < -0.4 is 4.90 Å². The van der Waals surface area contributed by atoms with Crippen LogP contribution in [0.1, 0.15) is 0 Å². The van der Waals surface area contributed by atoms with Crippen LogP contribution in [0, 0.1) is 0 Å². The molecule has 0 atom stereocenters. The Morgan fingerprint density at radius 2 is 1.08 bits per heavy atom. The monoisotopic (exact) mass is 643 g/mol. The lowest BCUT2D eigenvalue weighted by molar-refractivity contribution is 0.669. The minimum atomic E-state index is 0.876. The molecule has 0 N–H and O–H groups in total. The fourth-order valence-corrected chi connectivity index (χ4v) is 8.63. The lowest BCUT2D eigenvalue weighted by Crippen LogP contribution is -2.10. The summed E-state index contributed by atoms with van der Waals surface area (Å²) in [7, 11) is 0. The van der Waals surface area contributed by atoms with Crippen molar-refractivity contribution in [3.05, 3.63) is 176 Å². The van der Waals surface area contributed by atoms with E-state index in [4.69, 9.17) is 4.42 Å². The number of anilines is 3. The Kier molecular flexibility index (Phi) is 6.39. The number of hydrogen-bond acceptors (Lipinski definition) is 3. The summed E-state index contributed by atoms with van der Waals surface area (Å²) < 4.78 is 9.05. The Morgan fingerprint density at radius 1 is 0.429 bits per heavy atom. The first-order valence-corrected chi connectivity index (χ1v) is 17.4. The van der Waals surface area contributed by atoms with Gasteiger partial charge in [0.2, 0.25) is 0 Å². The van der Waals surface area contributed by atoms with Gasteiger partial charge < -0.3 is 9.32 Å². The van der Waals surface area contributed by atoms with Crippen LogP contribution in [0.25, 0.3) is 75.1 Å². The van der Waals surface area contributed by atoms with Gasteiger partial charge in [-0.15, -0.1) is 11.3 Å². The number of rotatable bonds is 5. The molecule has 0 aliphatic heterocycles. The van der Waals surface area contributed by atoms with E-state index in [0.717, 1.165) is 39.0 Å². The molecule has 0 saturated heterocycles. The van der Waals surface area contributed by atoms with E-state index in [0.29, 0.717) is 0 Å². The number of hydrogen-bond donors (Lipinski definition) is 0. The second kappa shape index (κ2) is 11.2. The zero-order valence-electron chi connectivity index (χ0n) is 26.5. The van der Waals surface area contributed by atoms with E-state index in [1.165, 1.54) is 53.2 Å². The molecule has 230 valence electrons. The van der Waals surface area contributed by atoms with E-state index in [1.807, 2.05) is 17.4 Å². The average Bonchev–Trinajstić information content (AvgIpc) is 3.75. The predicted molar refractivity (Wildman–Crippen MR) is 210 cm³/mol. The van der Waals surface area contributed by atoms with Crippen molar-refractivity contribution >= 4 is 81.3 Å². The largest absolute Gasteiger partial charge is 0.456 e. The van der Waals surface area contributed by atoms with Gasteiger partial charge in [0.1, 0.15) is 11.2 Å². The molecule has 3 heteroatoms. The third kappa shape index (κ3) is 4.55. The highest BCUT2D eigenvalue weighted by Crippen LogP contribution is 2.47. The highest BCUT2D eigenvalue weighted by Gasteiger charge is 2.22. The molecule has 2 aromatic heterocycles. The quantitative estimate of drug-likeness (QED) is 0.186. The van der Waals surface area contributed by atoms with Gasteiger partial charge in [-0.3, -0.25) is 0 Å². The molecule has 0 aliphatic rings. The van der Waals surface area contributed by atoms with Crippen molar-refractivity contribution in [3.63, 3.8) is 0 Å². The number of nitrogens with zero attached hydrogens (tertiary/aromatic N) is 1. The van der Waals surface area contributed by atoms with E-state index in [9.17, 15) is 0 Å². The normalized spacial score (nSPS) is 11.7. The molecule has 10 rings (SSSR count). The van der Waals surface area contributed by atoms with Crippen molar-refractivity contribution in [2.24, 2.45) is 0 Å². The number of para-hydroxylation sites is 1. The van der Waals surface area contributed by atoms with Gasteiger partial charge in [0.05, 0.1) is 11.1 Å². The highest BCUT2D eigenvalue weighted by molar-refractivity contribution is 7.26. The van der Waals surface area contributed by atoms with Gasteiger partial charge in [0.15, 0.2) is 0 Å². The molecule has 0 spiro atoms.